The normalized spacial score (nSPS) is 20.4. The van der Waals surface area contributed by atoms with Crippen molar-refractivity contribution in [3.63, 3.8) is 0 Å². The van der Waals surface area contributed by atoms with Crippen LogP contribution in [0.1, 0.15) is 17.7 Å². The standard InChI is InChI=1S/C19H20F3N5/c1-11-2-3-12(24-8-11)9-27-18-7-15(22)14(21)6-17(18)25-19(27)26-5-4-13(20)16(23)10-26/h2-3,6-8,13,16H,4-5,9-10,23H2,1H3. The smallest absolute Gasteiger partial charge is 0.206 e. The number of hydrogen-bond donors (Lipinski definition) is 1. The second kappa shape index (κ2) is 6.84. The summed E-state index contributed by atoms with van der Waals surface area (Å²) < 4.78 is 43.1. The Labute approximate surface area is 154 Å². The van der Waals surface area contributed by atoms with Crippen molar-refractivity contribution in [3.05, 3.63) is 53.4 Å². The van der Waals surface area contributed by atoms with Crippen molar-refractivity contribution in [1.29, 1.82) is 0 Å². The van der Waals surface area contributed by atoms with Crippen LogP contribution in [0.25, 0.3) is 11.0 Å². The van der Waals surface area contributed by atoms with Crippen LogP contribution in [-0.4, -0.2) is 39.8 Å². The molecule has 2 unspecified atom stereocenters. The lowest BCUT2D eigenvalue weighted by Gasteiger charge is -2.34. The van der Waals surface area contributed by atoms with Gasteiger partial charge in [-0.05, 0) is 25.0 Å². The molecule has 0 radical (unpaired) electrons. The second-order valence-corrected chi connectivity index (χ2v) is 6.99. The van der Waals surface area contributed by atoms with E-state index in [0.29, 0.717) is 30.1 Å². The molecule has 1 saturated heterocycles. The molecule has 0 aliphatic carbocycles. The average molecular weight is 375 g/mol. The van der Waals surface area contributed by atoms with E-state index < -0.39 is 23.8 Å². The number of rotatable bonds is 3. The highest BCUT2D eigenvalue weighted by atomic mass is 19.2. The average Bonchev–Trinajstić information content (AvgIpc) is 2.97. The van der Waals surface area contributed by atoms with Crippen molar-refractivity contribution in [2.45, 2.75) is 32.1 Å². The number of alkyl halides is 1. The maximum Gasteiger partial charge on any atom is 0.206 e. The number of halogens is 3. The monoisotopic (exact) mass is 375 g/mol. The number of piperidine rings is 1. The fourth-order valence-corrected chi connectivity index (χ4v) is 3.39. The summed E-state index contributed by atoms with van der Waals surface area (Å²) in [6.45, 7) is 3.00. The number of hydrogen-bond acceptors (Lipinski definition) is 4. The van der Waals surface area contributed by atoms with Gasteiger partial charge in [-0.3, -0.25) is 4.98 Å². The van der Waals surface area contributed by atoms with Crippen LogP contribution in [0.3, 0.4) is 0 Å². The first-order chi connectivity index (χ1) is 12.9. The molecule has 0 saturated carbocycles. The van der Waals surface area contributed by atoms with Crippen LogP contribution < -0.4 is 10.6 Å². The summed E-state index contributed by atoms with van der Waals surface area (Å²) in [5.74, 6) is -1.38. The Morgan fingerprint density at radius 1 is 1.22 bits per heavy atom. The van der Waals surface area contributed by atoms with E-state index in [9.17, 15) is 13.2 Å². The molecule has 1 fully saturated rings. The van der Waals surface area contributed by atoms with Crippen LogP contribution in [0, 0.1) is 18.6 Å². The number of aromatic nitrogens is 3. The Morgan fingerprint density at radius 3 is 2.70 bits per heavy atom. The maximum atomic E-state index is 13.9. The fourth-order valence-electron chi connectivity index (χ4n) is 3.39. The fraction of sp³-hybridized carbons (Fsp3) is 0.368. The van der Waals surface area contributed by atoms with E-state index in [2.05, 4.69) is 9.97 Å². The van der Waals surface area contributed by atoms with Crippen molar-refractivity contribution in [3.8, 4) is 0 Å². The predicted octanol–water partition coefficient (Wildman–Crippen LogP) is 2.94. The highest BCUT2D eigenvalue weighted by Crippen LogP contribution is 2.28. The molecule has 3 heterocycles. The van der Waals surface area contributed by atoms with Gasteiger partial charge in [0.2, 0.25) is 5.95 Å². The minimum atomic E-state index is -1.06. The summed E-state index contributed by atoms with van der Waals surface area (Å²) in [7, 11) is 0. The zero-order valence-corrected chi connectivity index (χ0v) is 14.9. The zero-order chi connectivity index (χ0) is 19.1. The van der Waals surface area contributed by atoms with Crippen molar-refractivity contribution >= 4 is 17.0 Å². The van der Waals surface area contributed by atoms with Crippen molar-refractivity contribution in [1.82, 2.24) is 14.5 Å². The molecule has 8 heteroatoms. The van der Waals surface area contributed by atoms with Gasteiger partial charge in [0.15, 0.2) is 11.6 Å². The number of fused-ring (bicyclic) bond motifs is 1. The summed E-state index contributed by atoms with van der Waals surface area (Å²) in [4.78, 5) is 10.7. The zero-order valence-electron chi connectivity index (χ0n) is 14.9. The summed E-state index contributed by atoms with van der Waals surface area (Å²) in [6.07, 6.45) is 0.974. The van der Waals surface area contributed by atoms with Crippen LogP contribution >= 0.6 is 0 Å². The lowest BCUT2D eigenvalue weighted by Crippen LogP contribution is -2.50. The van der Waals surface area contributed by atoms with Crippen molar-refractivity contribution in [2.75, 3.05) is 18.0 Å². The van der Waals surface area contributed by atoms with Crippen LogP contribution in [0.4, 0.5) is 19.1 Å². The maximum absolute atomic E-state index is 13.9. The van der Waals surface area contributed by atoms with E-state index >= 15 is 0 Å². The van der Waals surface area contributed by atoms with Crippen molar-refractivity contribution in [2.24, 2.45) is 5.73 Å². The molecule has 27 heavy (non-hydrogen) atoms. The van der Waals surface area contributed by atoms with Gasteiger partial charge >= 0.3 is 0 Å². The molecule has 5 nitrogen and oxygen atoms in total. The molecule has 1 aliphatic rings. The van der Waals surface area contributed by atoms with Gasteiger partial charge < -0.3 is 15.2 Å². The number of anilines is 1. The van der Waals surface area contributed by atoms with E-state index in [1.807, 2.05) is 24.0 Å². The largest absolute Gasteiger partial charge is 0.340 e. The van der Waals surface area contributed by atoms with Crippen molar-refractivity contribution < 1.29 is 13.2 Å². The summed E-state index contributed by atoms with van der Waals surface area (Å²) >= 11 is 0. The van der Waals surface area contributed by atoms with E-state index in [1.165, 1.54) is 0 Å². The number of imidazole rings is 1. The van der Waals surface area contributed by atoms with Gasteiger partial charge in [0.1, 0.15) is 6.17 Å². The highest BCUT2D eigenvalue weighted by molar-refractivity contribution is 5.79. The first kappa shape index (κ1) is 17.8. The summed E-state index contributed by atoms with van der Waals surface area (Å²) in [5.41, 5.74) is 8.47. The Morgan fingerprint density at radius 2 is 2.00 bits per heavy atom. The molecular weight excluding hydrogens is 355 g/mol. The van der Waals surface area contributed by atoms with Gasteiger partial charge in [-0.25, -0.2) is 18.2 Å². The third-order valence-corrected chi connectivity index (χ3v) is 4.92. The Bertz CT molecular complexity index is 970. The lowest BCUT2D eigenvalue weighted by atomic mass is 10.1. The second-order valence-electron chi connectivity index (χ2n) is 6.99. The van der Waals surface area contributed by atoms with Gasteiger partial charge in [-0.1, -0.05) is 6.07 Å². The highest BCUT2D eigenvalue weighted by Gasteiger charge is 2.29. The molecule has 2 N–H and O–H groups in total. The molecule has 2 atom stereocenters. The molecule has 1 aromatic carbocycles. The summed E-state index contributed by atoms with van der Waals surface area (Å²) in [5, 5.41) is 0. The molecule has 3 aromatic rings. The molecular formula is C19H20F3N5. The SMILES string of the molecule is Cc1ccc(Cn2c(N3CCC(F)C(N)C3)nc3cc(F)c(F)cc32)nc1. The summed E-state index contributed by atoms with van der Waals surface area (Å²) in [6, 6.07) is 5.40. The van der Waals surface area contributed by atoms with Gasteiger partial charge in [-0.2, -0.15) is 0 Å². The molecule has 2 aromatic heterocycles. The van der Waals surface area contributed by atoms with Crippen LogP contribution in [0.5, 0.6) is 0 Å². The van der Waals surface area contributed by atoms with Crippen LogP contribution in [0.2, 0.25) is 0 Å². The molecule has 4 rings (SSSR count). The molecule has 142 valence electrons. The number of nitrogens with two attached hydrogens (primary N) is 1. The third-order valence-electron chi connectivity index (χ3n) is 4.92. The number of benzene rings is 1. The minimum absolute atomic E-state index is 0.288. The Balaban J connectivity index is 1.80. The Kier molecular flexibility index (Phi) is 4.51. The van der Waals surface area contributed by atoms with Crippen LogP contribution in [0.15, 0.2) is 30.5 Å². The molecule has 0 amide bonds. The van der Waals surface area contributed by atoms with Gasteiger partial charge in [0, 0.05) is 31.4 Å². The Hall–Kier alpha value is -2.61. The van der Waals surface area contributed by atoms with Gasteiger partial charge in [0.25, 0.3) is 0 Å². The van der Waals surface area contributed by atoms with Gasteiger partial charge in [-0.15, -0.1) is 0 Å². The molecule has 0 spiro atoms. The quantitative estimate of drug-likeness (QED) is 0.765. The van der Waals surface area contributed by atoms with E-state index in [-0.39, 0.29) is 13.0 Å². The van der Waals surface area contributed by atoms with E-state index in [0.717, 1.165) is 23.4 Å². The minimum Gasteiger partial charge on any atom is -0.340 e. The molecule has 1 aliphatic heterocycles. The molecule has 0 bridgehead atoms. The number of pyridine rings is 1. The first-order valence-electron chi connectivity index (χ1n) is 8.84. The number of nitrogens with zero attached hydrogens (tertiary/aromatic N) is 4. The number of aryl methyl sites for hydroxylation is 1. The third kappa shape index (κ3) is 3.37. The van der Waals surface area contributed by atoms with E-state index in [1.54, 1.807) is 10.8 Å². The first-order valence-corrected chi connectivity index (χ1v) is 8.84. The topological polar surface area (TPSA) is 60.0 Å². The van der Waals surface area contributed by atoms with Gasteiger partial charge in [0.05, 0.1) is 29.3 Å². The predicted molar refractivity (Wildman–Crippen MR) is 97.4 cm³/mol. The van der Waals surface area contributed by atoms with E-state index in [4.69, 9.17) is 5.73 Å². The lowest BCUT2D eigenvalue weighted by molar-refractivity contribution is 0.243. The van der Waals surface area contributed by atoms with Crippen LogP contribution in [-0.2, 0) is 6.54 Å².